The number of nitrogens with zero attached hydrogens (tertiary/aromatic N) is 1. The highest BCUT2D eigenvalue weighted by atomic mass is 16.5. The average Bonchev–Trinajstić information content (AvgIpc) is 2.39. The molecule has 0 aliphatic carbocycles. The van der Waals surface area contributed by atoms with E-state index in [0.29, 0.717) is 18.8 Å². The number of hydrogen-bond donors (Lipinski definition) is 2. The molecule has 0 unspecified atom stereocenters. The molecule has 0 aromatic heterocycles. The smallest absolute Gasteiger partial charge is 0.313 e. The van der Waals surface area contributed by atoms with E-state index < -0.39 is 11.8 Å². The van der Waals surface area contributed by atoms with Crippen LogP contribution in [0.1, 0.15) is 0 Å². The first-order valence-corrected chi connectivity index (χ1v) is 5.90. The second-order valence-corrected chi connectivity index (χ2v) is 4.14. The minimum Gasteiger partial charge on any atom is -0.383 e. The fraction of sp³-hybridized carbons (Fsp3) is 0.385. The minimum atomic E-state index is -0.686. The quantitative estimate of drug-likeness (QED) is 0.599. The molecule has 0 saturated carbocycles. The Balaban J connectivity index is 2.49. The van der Waals surface area contributed by atoms with Gasteiger partial charge in [0.15, 0.2) is 0 Å². The first-order valence-electron chi connectivity index (χ1n) is 5.90. The zero-order chi connectivity index (χ0) is 14.3. The molecule has 0 spiro atoms. The normalized spacial score (nSPS) is 9.84. The van der Waals surface area contributed by atoms with E-state index in [-0.39, 0.29) is 0 Å². The summed E-state index contributed by atoms with van der Waals surface area (Å²) in [6.07, 6.45) is 0. The van der Waals surface area contributed by atoms with Gasteiger partial charge < -0.3 is 20.3 Å². The van der Waals surface area contributed by atoms with Crippen LogP contribution in [-0.4, -0.2) is 46.2 Å². The summed E-state index contributed by atoms with van der Waals surface area (Å²) < 4.78 is 4.77. The molecule has 0 atom stereocenters. The predicted octanol–water partition coefficient (Wildman–Crippen LogP) is 0.454. The minimum absolute atomic E-state index is 0.308. The SMILES string of the molecule is COCCNC(=O)C(=O)Nc1ccc(N(C)C)cc1. The molecule has 104 valence electrons. The fourth-order valence-corrected chi connectivity index (χ4v) is 1.38. The molecule has 0 bridgehead atoms. The van der Waals surface area contributed by atoms with Gasteiger partial charge in [0, 0.05) is 39.1 Å². The summed E-state index contributed by atoms with van der Waals surface area (Å²) >= 11 is 0. The summed E-state index contributed by atoms with van der Waals surface area (Å²) in [7, 11) is 5.38. The third-order valence-corrected chi connectivity index (χ3v) is 2.44. The zero-order valence-electron chi connectivity index (χ0n) is 11.4. The largest absolute Gasteiger partial charge is 0.383 e. The van der Waals surface area contributed by atoms with Gasteiger partial charge in [-0.3, -0.25) is 9.59 Å². The van der Waals surface area contributed by atoms with Gasteiger partial charge in [0.05, 0.1) is 6.61 Å². The fourth-order valence-electron chi connectivity index (χ4n) is 1.38. The molecule has 1 aromatic rings. The van der Waals surface area contributed by atoms with Crippen LogP contribution in [0.4, 0.5) is 11.4 Å². The molecule has 0 aliphatic heterocycles. The van der Waals surface area contributed by atoms with Crippen LogP contribution in [0.15, 0.2) is 24.3 Å². The highest BCUT2D eigenvalue weighted by Gasteiger charge is 2.12. The van der Waals surface area contributed by atoms with Crippen LogP contribution in [0.25, 0.3) is 0 Å². The summed E-state index contributed by atoms with van der Waals surface area (Å²) in [5.41, 5.74) is 1.60. The van der Waals surface area contributed by atoms with Crippen LogP contribution in [0.5, 0.6) is 0 Å². The Bertz CT molecular complexity index is 429. The summed E-state index contributed by atoms with van der Waals surface area (Å²) in [4.78, 5) is 24.9. The van der Waals surface area contributed by atoms with Gasteiger partial charge >= 0.3 is 11.8 Å². The number of amides is 2. The van der Waals surface area contributed by atoms with Crippen molar-refractivity contribution in [1.82, 2.24) is 5.32 Å². The van der Waals surface area contributed by atoms with Gasteiger partial charge in [-0.1, -0.05) is 0 Å². The molecule has 0 saturated heterocycles. The van der Waals surface area contributed by atoms with Crippen molar-refractivity contribution in [3.8, 4) is 0 Å². The molecule has 0 fully saturated rings. The van der Waals surface area contributed by atoms with E-state index in [2.05, 4.69) is 10.6 Å². The van der Waals surface area contributed by atoms with E-state index in [1.165, 1.54) is 7.11 Å². The number of rotatable bonds is 5. The first-order chi connectivity index (χ1) is 9.04. The molecule has 19 heavy (non-hydrogen) atoms. The standard InChI is InChI=1S/C13H19N3O3/c1-16(2)11-6-4-10(5-7-11)15-13(18)12(17)14-8-9-19-3/h4-7H,8-9H2,1-3H3,(H,14,17)(H,15,18). The lowest BCUT2D eigenvalue weighted by atomic mass is 10.2. The molecule has 0 aliphatic rings. The van der Waals surface area contributed by atoms with Gasteiger partial charge in [0.2, 0.25) is 0 Å². The van der Waals surface area contributed by atoms with Crippen molar-refractivity contribution in [3.63, 3.8) is 0 Å². The molecule has 6 nitrogen and oxygen atoms in total. The molecule has 0 heterocycles. The monoisotopic (exact) mass is 265 g/mol. The summed E-state index contributed by atoms with van der Waals surface area (Å²) in [6, 6.07) is 7.21. The van der Waals surface area contributed by atoms with Crippen molar-refractivity contribution in [2.24, 2.45) is 0 Å². The second-order valence-electron chi connectivity index (χ2n) is 4.14. The van der Waals surface area contributed by atoms with Gasteiger partial charge in [-0.25, -0.2) is 0 Å². The summed E-state index contributed by atoms with van der Waals surface area (Å²) in [5, 5.41) is 4.97. The Morgan fingerprint density at radius 2 is 1.79 bits per heavy atom. The maximum Gasteiger partial charge on any atom is 0.313 e. The molecular weight excluding hydrogens is 246 g/mol. The van der Waals surface area contributed by atoms with Crippen molar-refractivity contribution in [2.45, 2.75) is 0 Å². The van der Waals surface area contributed by atoms with E-state index in [1.807, 2.05) is 31.1 Å². The lowest BCUT2D eigenvalue weighted by Crippen LogP contribution is -2.37. The zero-order valence-corrected chi connectivity index (χ0v) is 11.4. The number of carbonyl (C=O) groups is 2. The lowest BCUT2D eigenvalue weighted by molar-refractivity contribution is -0.136. The summed E-state index contributed by atoms with van der Waals surface area (Å²) in [6.45, 7) is 0.679. The number of methoxy groups -OCH3 is 1. The topological polar surface area (TPSA) is 70.7 Å². The van der Waals surface area contributed by atoms with E-state index in [0.717, 1.165) is 5.69 Å². The molecular formula is C13H19N3O3. The van der Waals surface area contributed by atoms with Gasteiger partial charge in [-0.2, -0.15) is 0 Å². The number of nitrogens with one attached hydrogen (secondary N) is 2. The third-order valence-electron chi connectivity index (χ3n) is 2.44. The molecule has 1 rings (SSSR count). The third kappa shape index (κ3) is 4.97. The van der Waals surface area contributed by atoms with Crippen molar-refractivity contribution >= 4 is 23.2 Å². The van der Waals surface area contributed by atoms with Crippen LogP contribution >= 0.6 is 0 Å². The van der Waals surface area contributed by atoms with Crippen LogP contribution in [0.3, 0.4) is 0 Å². The maximum atomic E-state index is 11.6. The predicted molar refractivity (Wildman–Crippen MR) is 74.3 cm³/mol. The Hall–Kier alpha value is -2.08. The Morgan fingerprint density at radius 1 is 1.16 bits per heavy atom. The Labute approximate surface area is 112 Å². The Morgan fingerprint density at radius 3 is 2.32 bits per heavy atom. The van der Waals surface area contributed by atoms with E-state index in [9.17, 15) is 9.59 Å². The number of benzene rings is 1. The lowest BCUT2D eigenvalue weighted by Gasteiger charge is -2.13. The van der Waals surface area contributed by atoms with E-state index >= 15 is 0 Å². The van der Waals surface area contributed by atoms with Gasteiger partial charge in [0.1, 0.15) is 0 Å². The van der Waals surface area contributed by atoms with Crippen LogP contribution in [0, 0.1) is 0 Å². The van der Waals surface area contributed by atoms with Crippen molar-refractivity contribution in [3.05, 3.63) is 24.3 Å². The molecule has 2 amide bonds. The average molecular weight is 265 g/mol. The van der Waals surface area contributed by atoms with Crippen molar-refractivity contribution < 1.29 is 14.3 Å². The second kappa shape index (κ2) is 7.38. The number of hydrogen-bond acceptors (Lipinski definition) is 4. The van der Waals surface area contributed by atoms with Crippen molar-refractivity contribution in [1.29, 1.82) is 0 Å². The number of anilines is 2. The first kappa shape index (κ1) is 15.0. The van der Waals surface area contributed by atoms with Crippen molar-refractivity contribution in [2.75, 3.05) is 44.6 Å². The number of ether oxygens (including phenoxy) is 1. The van der Waals surface area contributed by atoms with Gasteiger partial charge in [-0.05, 0) is 24.3 Å². The molecule has 6 heteroatoms. The van der Waals surface area contributed by atoms with E-state index in [1.54, 1.807) is 12.1 Å². The van der Waals surface area contributed by atoms with Crippen LogP contribution < -0.4 is 15.5 Å². The van der Waals surface area contributed by atoms with Crippen LogP contribution in [0.2, 0.25) is 0 Å². The Kier molecular flexibility index (Phi) is 5.81. The summed E-state index contributed by atoms with van der Waals surface area (Å²) in [5.74, 6) is -1.36. The van der Waals surface area contributed by atoms with E-state index in [4.69, 9.17) is 4.74 Å². The number of carbonyl (C=O) groups excluding carboxylic acids is 2. The molecule has 1 aromatic carbocycles. The van der Waals surface area contributed by atoms with Gasteiger partial charge in [-0.15, -0.1) is 0 Å². The highest BCUT2D eigenvalue weighted by Crippen LogP contribution is 2.15. The maximum absolute atomic E-state index is 11.6. The molecule has 2 N–H and O–H groups in total. The molecule has 0 radical (unpaired) electrons. The van der Waals surface area contributed by atoms with Gasteiger partial charge in [0.25, 0.3) is 0 Å². The van der Waals surface area contributed by atoms with Crippen LogP contribution in [-0.2, 0) is 14.3 Å². The highest BCUT2D eigenvalue weighted by molar-refractivity contribution is 6.39.